The molecule has 0 unspecified atom stereocenters. The fourth-order valence-electron chi connectivity index (χ4n) is 2.34. The average Bonchev–Trinajstić information content (AvgIpc) is 2.30. The second-order valence-electron chi connectivity index (χ2n) is 4.70. The van der Waals surface area contributed by atoms with E-state index in [-0.39, 0.29) is 0 Å². The maximum atomic E-state index is 6.10. The van der Waals surface area contributed by atoms with Crippen LogP contribution in [0.5, 0.6) is 0 Å². The van der Waals surface area contributed by atoms with Crippen molar-refractivity contribution >= 4 is 11.6 Å². The summed E-state index contributed by atoms with van der Waals surface area (Å²) in [4.78, 5) is 0. The number of ether oxygens (including phenoxy) is 1. The molecule has 1 fully saturated rings. The average molecular weight is 239 g/mol. The van der Waals surface area contributed by atoms with Crippen LogP contribution < -0.4 is 0 Å². The monoisotopic (exact) mass is 238 g/mol. The Hall–Kier alpha value is -0.530. The SMILES string of the molecule is C[C@@H]1CCCC[C@H]1OCc1ccccc1Cl. The van der Waals surface area contributed by atoms with Crippen LogP contribution in [0.2, 0.25) is 5.02 Å². The van der Waals surface area contributed by atoms with E-state index in [0.29, 0.717) is 18.6 Å². The quantitative estimate of drug-likeness (QED) is 0.757. The molecule has 88 valence electrons. The van der Waals surface area contributed by atoms with Crippen molar-refractivity contribution in [1.82, 2.24) is 0 Å². The van der Waals surface area contributed by atoms with Gasteiger partial charge in [-0.1, -0.05) is 49.6 Å². The molecule has 0 heterocycles. The van der Waals surface area contributed by atoms with E-state index in [1.807, 2.05) is 24.3 Å². The third-order valence-electron chi connectivity index (χ3n) is 3.44. The van der Waals surface area contributed by atoms with Gasteiger partial charge in [0.1, 0.15) is 0 Å². The first kappa shape index (κ1) is 11.9. The van der Waals surface area contributed by atoms with Gasteiger partial charge in [-0.25, -0.2) is 0 Å². The summed E-state index contributed by atoms with van der Waals surface area (Å²) in [6.07, 6.45) is 5.58. The molecule has 1 aliphatic rings. The highest BCUT2D eigenvalue weighted by atomic mass is 35.5. The van der Waals surface area contributed by atoms with Gasteiger partial charge in [-0.05, 0) is 30.4 Å². The highest BCUT2D eigenvalue weighted by molar-refractivity contribution is 6.31. The number of hydrogen-bond acceptors (Lipinski definition) is 1. The zero-order valence-corrected chi connectivity index (χ0v) is 10.5. The summed E-state index contributed by atoms with van der Waals surface area (Å²) in [5, 5.41) is 0.811. The van der Waals surface area contributed by atoms with Crippen molar-refractivity contribution in [2.75, 3.05) is 0 Å². The molecule has 0 bridgehead atoms. The summed E-state index contributed by atoms with van der Waals surface area (Å²) in [6, 6.07) is 7.92. The Kier molecular flexibility index (Phi) is 4.25. The van der Waals surface area contributed by atoms with Crippen molar-refractivity contribution in [2.24, 2.45) is 5.92 Å². The van der Waals surface area contributed by atoms with Crippen molar-refractivity contribution in [3.63, 3.8) is 0 Å². The van der Waals surface area contributed by atoms with Gasteiger partial charge in [-0.2, -0.15) is 0 Å². The third-order valence-corrected chi connectivity index (χ3v) is 3.81. The lowest BCUT2D eigenvalue weighted by atomic mass is 9.88. The standard InChI is InChI=1S/C14H19ClO/c1-11-6-2-5-9-14(11)16-10-12-7-3-4-8-13(12)15/h3-4,7-8,11,14H,2,5-6,9-10H2,1H3/t11-,14-/m1/s1. The van der Waals surface area contributed by atoms with E-state index in [1.54, 1.807) is 0 Å². The van der Waals surface area contributed by atoms with E-state index in [4.69, 9.17) is 16.3 Å². The zero-order chi connectivity index (χ0) is 11.4. The summed E-state index contributed by atoms with van der Waals surface area (Å²) in [6.45, 7) is 2.94. The minimum atomic E-state index is 0.421. The van der Waals surface area contributed by atoms with E-state index < -0.39 is 0 Å². The molecule has 1 aliphatic carbocycles. The normalized spacial score (nSPS) is 25.6. The largest absolute Gasteiger partial charge is 0.373 e. The number of rotatable bonds is 3. The van der Waals surface area contributed by atoms with Crippen LogP contribution in [-0.2, 0) is 11.3 Å². The Balaban J connectivity index is 1.89. The summed E-state index contributed by atoms with van der Waals surface area (Å²) in [7, 11) is 0. The Morgan fingerprint density at radius 3 is 2.75 bits per heavy atom. The molecule has 0 N–H and O–H groups in total. The number of halogens is 1. The summed E-state index contributed by atoms with van der Waals surface area (Å²) in [5.41, 5.74) is 1.10. The Morgan fingerprint density at radius 1 is 1.25 bits per heavy atom. The Bertz CT molecular complexity index is 337. The highest BCUT2D eigenvalue weighted by Gasteiger charge is 2.21. The molecule has 2 heteroatoms. The summed E-state index contributed by atoms with van der Waals surface area (Å²) in [5.74, 6) is 0.691. The summed E-state index contributed by atoms with van der Waals surface area (Å²) >= 11 is 6.10. The molecule has 1 saturated carbocycles. The van der Waals surface area contributed by atoms with Gasteiger partial charge in [0.15, 0.2) is 0 Å². The molecule has 0 spiro atoms. The molecular weight excluding hydrogens is 220 g/mol. The number of benzene rings is 1. The van der Waals surface area contributed by atoms with Gasteiger partial charge in [0.05, 0.1) is 12.7 Å². The van der Waals surface area contributed by atoms with Crippen LogP contribution in [-0.4, -0.2) is 6.10 Å². The molecular formula is C14H19ClO. The molecule has 0 aromatic heterocycles. The molecule has 0 radical (unpaired) electrons. The zero-order valence-electron chi connectivity index (χ0n) is 9.79. The van der Waals surface area contributed by atoms with E-state index in [9.17, 15) is 0 Å². The maximum Gasteiger partial charge on any atom is 0.0735 e. The molecule has 1 nitrogen and oxygen atoms in total. The van der Waals surface area contributed by atoms with Gasteiger partial charge in [-0.15, -0.1) is 0 Å². The van der Waals surface area contributed by atoms with Crippen LogP contribution in [0.4, 0.5) is 0 Å². The smallest absolute Gasteiger partial charge is 0.0735 e. The first-order valence-electron chi connectivity index (χ1n) is 6.12. The first-order chi connectivity index (χ1) is 7.77. The van der Waals surface area contributed by atoms with Crippen LogP contribution in [0.25, 0.3) is 0 Å². The van der Waals surface area contributed by atoms with E-state index in [1.165, 1.54) is 25.7 Å². The van der Waals surface area contributed by atoms with E-state index in [0.717, 1.165) is 10.6 Å². The predicted octanol–water partition coefficient (Wildman–Crippen LogP) is 4.44. The topological polar surface area (TPSA) is 9.23 Å². The van der Waals surface area contributed by atoms with Crippen molar-refractivity contribution in [2.45, 2.75) is 45.3 Å². The van der Waals surface area contributed by atoms with Gasteiger partial charge < -0.3 is 4.74 Å². The fraction of sp³-hybridized carbons (Fsp3) is 0.571. The van der Waals surface area contributed by atoms with E-state index >= 15 is 0 Å². The second kappa shape index (κ2) is 5.70. The third kappa shape index (κ3) is 2.99. The molecule has 0 aliphatic heterocycles. The molecule has 1 aromatic carbocycles. The summed E-state index contributed by atoms with van der Waals surface area (Å²) < 4.78 is 5.98. The van der Waals surface area contributed by atoms with Crippen LogP contribution in [0.15, 0.2) is 24.3 Å². The van der Waals surface area contributed by atoms with Crippen LogP contribution in [0.3, 0.4) is 0 Å². The predicted molar refractivity (Wildman–Crippen MR) is 67.7 cm³/mol. The molecule has 1 aromatic rings. The maximum absolute atomic E-state index is 6.10. The minimum Gasteiger partial charge on any atom is -0.373 e. The molecule has 16 heavy (non-hydrogen) atoms. The molecule has 0 saturated heterocycles. The fourth-order valence-corrected chi connectivity index (χ4v) is 2.53. The second-order valence-corrected chi connectivity index (χ2v) is 5.11. The lowest BCUT2D eigenvalue weighted by Gasteiger charge is -2.28. The van der Waals surface area contributed by atoms with Gasteiger partial charge in [0.25, 0.3) is 0 Å². The Morgan fingerprint density at radius 2 is 2.00 bits per heavy atom. The molecule has 0 amide bonds. The first-order valence-corrected chi connectivity index (χ1v) is 6.50. The molecule has 2 atom stereocenters. The van der Waals surface area contributed by atoms with Gasteiger partial charge >= 0.3 is 0 Å². The minimum absolute atomic E-state index is 0.421. The van der Waals surface area contributed by atoms with Gasteiger partial charge in [0, 0.05) is 5.02 Å². The lowest BCUT2D eigenvalue weighted by molar-refractivity contribution is -0.0154. The van der Waals surface area contributed by atoms with E-state index in [2.05, 4.69) is 6.92 Å². The van der Waals surface area contributed by atoms with Crippen LogP contribution in [0, 0.1) is 5.92 Å². The van der Waals surface area contributed by atoms with Gasteiger partial charge in [0.2, 0.25) is 0 Å². The van der Waals surface area contributed by atoms with Crippen LogP contribution in [0.1, 0.15) is 38.2 Å². The van der Waals surface area contributed by atoms with Crippen molar-refractivity contribution in [3.05, 3.63) is 34.9 Å². The lowest BCUT2D eigenvalue weighted by Crippen LogP contribution is -2.25. The van der Waals surface area contributed by atoms with Gasteiger partial charge in [-0.3, -0.25) is 0 Å². The van der Waals surface area contributed by atoms with Crippen molar-refractivity contribution in [1.29, 1.82) is 0 Å². The Labute approximate surface area is 103 Å². The molecule has 2 rings (SSSR count). The van der Waals surface area contributed by atoms with Crippen LogP contribution >= 0.6 is 11.6 Å². The van der Waals surface area contributed by atoms with Crippen molar-refractivity contribution in [3.8, 4) is 0 Å². The van der Waals surface area contributed by atoms with Crippen molar-refractivity contribution < 1.29 is 4.74 Å². The number of hydrogen-bond donors (Lipinski definition) is 0. The highest BCUT2D eigenvalue weighted by Crippen LogP contribution is 2.27.